The molecule has 1 spiro atoms. The molecule has 0 saturated carbocycles. The Balaban J connectivity index is 1.75. The van der Waals surface area contributed by atoms with Crippen LogP contribution >= 0.6 is 11.8 Å². The van der Waals surface area contributed by atoms with Gasteiger partial charge in [-0.05, 0) is 46.0 Å². The summed E-state index contributed by atoms with van der Waals surface area (Å²) in [5.41, 5.74) is 0. The number of unbranched alkanes of at least 4 members (excludes halogenated alkanes) is 2. The van der Waals surface area contributed by atoms with Crippen molar-refractivity contribution >= 4 is 29.5 Å². The smallest absolute Gasteiger partial charge is 0.311 e. The third-order valence-corrected chi connectivity index (χ3v) is 8.81. The first-order valence-electron chi connectivity index (χ1n) is 11.8. The number of hydrogen-bond donors (Lipinski definition) is 1. The average molecular weight is 463 g/mol. The molecule has 1 N–H and O–H groups in total. The number of cyclic esters (lactones) is 1. The van der Waals surface area contributed by atoms with E-state index in [2.05, 4.69) is 6.08 Å². The second-order valence-electron chi connectivity index (χ2n) is 9.38. The maximum atomic E-state index is 13.9. The fourth-order valence-electron chi connectivity index (χ4n) is 5.55. The van der Waals surface area contributed by atoms with E-state index < -0.39 is 22.6 Å². The van der Waals surface area contributed by atoms with Crippen molar-refractivity contribution in [3.63, 3.8) is 0 Å². The number of likely N-dealkylation sites (tertiary alicyclic amines) is 1. The van der Waals surface area contributed by atoms with Crippen LogP contribution in [0.1, 0.15) is 46.0 Å². The summed E-state index contributed by atoms with van der Waals surface area (Å²) < 4.78 is 4.79. The summed E-state index contributed by atoms with van der Waals surface area (Å²) in [4.78, 5) is 44.4. The molecule has 4 aliphatic rings. The van der Waals surface area contributed by atoms with Crippen molar-refractivity contribution in [1.82, 2.24) is 9.80 Å². The fourth-order valence-corrected chi connectivity index (χ4v) is 7.55. The Morgan fingerprint density at radius 1 is 1.19 bits per heavy atom. The summed E-state index contributed by atoms with van der Waals surface area (Å²) in [5.74, 6) is -1.68. The minimum atomic E-state index is -0.771. The van der Waals surface area contributed by atoms with E-state index in [9.17, 15) is 14.4 Å². The van der Waals surface area contributed by atoms with Gasteiger partial charge in [-0.25, -0.2) is 0 Å². The van der Waals surface area contributed by atoms with Crippen molar-refractivity contribution in [3.05, 3.63) is 24.3 Å². The van der Waals surface area contributed by atoms with Gasteiger partial charge in [0.1, 0.15) is 6.04 Å². The number of fused-ring (bicyclic) bond motifs is 2. The molecule has 2 saturated heterocycles. The SMILES string of the molecule is CC(C)N1CC=C[C@]23S[C@@H]4/C=C\CCCOC(=O)[C@@H]4[C@H]2C(=O)N(CCCCCO)C3C1=O. The van der Waals surface area contributed by atoms with Crippen molar-refractivity contribution in [2.75, 3.05) is 26.3 Å². The number of carbonyl (C=O) groups is 3. The van der Waals surface area contributed by atoms with Crippen LogP contribution in [0.5, 0.6) is 0 Å². The zero-order valence-electron chi connectivity index (χ0n) is 18.9. The molecule has 0 aromatic rings. The van der Waals surface area contributed by atoms with Crippen molar-refractivity contribution in [1.29, 1.82) is 0 Å². The van der Waals surface area contributed by atoms with E-state index in [1.165, 1.54) is 0 Å². The van der Waals surface area contributed by atoms with Gasteiger partial charge in [-0.2, -0.15) is 0 Å². The van der Waals surface area contributed by atoms with Gasteiger partial charge in [0.2, 0.25) is 11.8 Å². The molecule has 176 valence electrons. The number of rotatable bonds is 6. The van der Waals surface area contributed by atoms with E-state index >= 15 is 0 Å². The van der Waals surface area contributed by atoms with Crippen molar-refractivity contribution in [2.24, 2.45) is 11.8 Å². The Kier molecular flexibility index (Phi) is 7.00. The van der Waals surface area contributed by atoms with Gasteiger partial charge >= 0.3 is 5.97 Å². The Bertz CT molecular complexity index is 812. The lowest BCUT2D eigenvalue weighted by atomic mass is 9.78. The molecule has 2 fully saturated rings. The maximum absolute atomic E-state index is 13.9. The number of thioether (sulfide) groups is 1. The number of nitrogens with zero attached hydrogens (tertiary/aromatic N) is 2. The third-order valence-electron chi connectivity index (χ3n) is 7.06. The largest absolute Gasteiger partial charge is 0.465 e. The Labute approximate surface area is 194 Å². The summed E-state index contributed by atoms with van der Waals surface area (Å²) >= 11 is 1.59. The molecular formula is C24H34N2O5S. The van der Waals surface area contributed by atoms with E-state index in [1.807, 2.05) is 37.0 Å². The zero-order chi connectivity index (χ0) is 22.9. The molecule has 1 unspecified atom stereocenters. The van der Waals surface area contributed by atoms with Crippen LogP contribution in [0.25, 0.3) is 0 Å². The highest BCUT2D eigenvalue weighted by Crippen LogP contribution is 2.60. The number of carbonyl (C=O) groups excluding carboxylic acids is 3. The molecule has 4 rings (SSSR count). The molecule has 4 aliphatic heterocycles. The average Bonchev–Trinajstić information content (AvgIpc) is 3.16. The number of aliphatic hydroxyl groups is 1. The fraction of sp³-hybridized carbons (Fsp3) is 0.708. The van der Waals surface area contributed by atoms with Crippen LogP contribution in [0.3, 0.4) is 0 Å². The lowest BCUT2D eigenvalue weighted by Gasteiger charge is -2.36. The highest BCUT2D eigenvalue weighted by atomic mass is 32.2. The van der Waals surface area contributed by atoms with E-state index in [0.29, 0.717) is 32.5 Å². The number of hydrogen-bond acceptors (Lipinski definition) is 6. The molecule has 0 bridgehead atoms. The maximum Gasteiger partial charge on any atom is 0.311 e. The second-order valence-corrected chi connectivity index (χ2v) is 10.9. The summed E-state index contributed by atoms with van der Waals surface area (Å²) in [6, 6.07) is -0.613. The van der Waals surface area contributed by atoms with Gasteiger partial charge in [0.15, 0.2) is 0 Å². The molecule has 2 amide bonds. The van der Waals surface area contributed by atoms with Crippen molar-refractivity contribution in [3.8, 4) is 0 Å². The molecule has 0 aromatic carbocycles. The van der Waals surface area contributed by atoms with Gasteiger partial charge in [-0.3, -0.25) is 14.4 Å². The number of allylic oxidation sites excluding steroid dienone is 1. The van der Waals surface area contributed by atoms with Crippen molar-refractivity contribution in [2.45, 2.75) is 68.0 Å². The molecule has 5 atom stereocenters. The minimum Gasteiger partial charge on any atom is -0.465 e. The third kappa shape index (κ3) is 3.89. The van der Waals surface area contributed by atoms with Crippen LogP contribution < -0.4 is 0 Å². The molecule has 0 aliphatic carbocycles. The first kappa shape index (κ1) is 23.4. The first-order valence-corrected chi connectivity index (χ1v) is 12.7. The monoisotopic (exact) mass is 462 g/mol. The quantitative estimate of drug-likeness (QED) is 0.370. The zero-order valence-corrected chi connectivity index (χ0v) is 19.8. The van der Waals surface area contributed by atoms with E-state index in [-0.39, 0.29) is 35.7 Å². The molecule has 0 aromatic heterocycles. The Morgan fingerprint density at radius 2 is 2.00 bits per heavy atom. The lowest BCUT2D eigenvalue weighted by molar-refractivity contribution is -0.153. The van der Waals surface area contributed by atoms with Gasteiger partial charge in [0.25, 0.3) is 0 Å². The summed E-state index contributed by atoms with van der Waals surface area (Å²) in [6.07, 6.45) is 12.0. The Hall–Kier alpha value is -1.80. The standard InChI is InChI=1S/C24H34N2O5S/c1-16(2)25-13-9-11-24-19(18-17(32-24)10-5-3-8-15-31-23(18)30)21(28)26(20(24)22(25)29)12-6-4-7-14-27/h5,9-11,16-20,27H,3-4,6-8,12-15H2,1-2H3/b10-5-/t17-,18+,19+,20?,24+/m1/s1. The van der Waals surface area contributed by atoms with Crippen LogP contribution in [-0.4, -0.2) is 81.1 Å². The molecule has 8 heteroatoms. The number of aliphatic hydroxyl groups excluding tert-OH is 1. The number of amides is 2. The van der Waals surface area contributed by atoms with Crippen LogP contribution in [0.4, 0.5) is 0 Å². The number of esters is 1. The van der Waals surface area contributed by atoms with Crippen LogP contribution in [0, 0.1) is 11.8 Å². The molecular weight excluding hydrogens is 428 g/mol. The predicted molar refractivity (Wildman–Crippen MR) is 123 cm³/mol. The van der Waals surface area contributed by atoms with E-state index in [1.54, 1.807) is 16.7 Å². The topological polar surface area (TPSA) is 87.2 Å². The van der Waals surface area contributed by atoms with Gasteiger partial charge < -0.3 is 19.6 Å². The normalized spacial score (nSPS) is 35.6. The minimum absolute atomic E-state index is 0.0149. The van der Waals surface area contributed by atoms with Gasteiger partial charge in [0, 0.05) is 31.0 Å². The molecule has 0 radical (unpaired) electrons. The van der Waals surface area contributed by atoms with Crippen LogP contribution in [0.15, 0.2) is 24.3 Å². The Morgan fingerprint density at radius 3 is 2.75 bits per heavy atom. The number of ether oxygens (including phenoxy) is 1. The van der Waals surface area contributed by atoms with Crippen LogP contribution in [-0.2, 0) is 19.1 Å². The van der Waals surface area contributed by atoms with Gasteiger partial charge in [-0.15, -0.1) is 11.8 Å². The lowest BCUT2D eigenvalue weighted by Crippen LogP contribution is -2.54. The predicted octanol–water partition coefficient (Wildman–Crippen LogP) is 2.15. The van der Waals surface area contributed by atoms with E-state index in [4.69, 9.17) is 9.84 Å². The van der Waals surface area contributed by atoms with Crippen molar-refractivity contribution < 1.29 is 24.2 Å². The molecule has 7 nitrogen and oxygen atoms in total. The van der Waals surface area contributed by atoms with Gasteiger partial charge in [-0.1, -0.05) is 24.3 Å². The second kappa shape index (κ2) is 9.59. The summed E-state index contributed by atoms with van der Waals surface area (Å²) in [7, 11) is 0. The highest BCUT2D eigenvalue weighted by Gasteiger charge is 2.70. The summed E-state index contributed by atoms with van der Waals surface area (Å²) in [5, 5.41) is 8.94. The molecule has 32 heavy (non-hydrogen) atoms. The molecule has 4 heterocycles. The highest BCUT2D eigenvalue weighted by molar-refractivity contribution is 8.02. The van der Waals surface area contributed by atoms with E-state index in [0.717, 1.165) is 19.3 Å². The van der Waals surface area contributed by atoms with Gasteiger partial charge in [0.05, 0.1) is 23.2 Å². The first-order chi connectivity index (χ1) is 15.4. The van der Waals surface area contributed by atoms with Crippen LogP contribution in [0.2, 0.25) is 0 Å². The summed E-state index contributed by atoms with van der Waals surface area (Å²) in [6.45, 7) is 5.41.